The first-order valence-electron chi connectivity index (χ1n) is 9.76. The molecule has 2 aromatic carbocycles. The Hall–Kier alpha value is -3.26. The number of anilines is 1. The minimum absolute atomic E-state index is 0.145. The number of hydrogen-bond donors (Lipinski definition) is 1. The number of carbonyl (C=O) groups excluding carboxylic acids is 1. The van der Waals surface area contributed by atoms with Gasteiger partial charge >= 0.3 is 0 Å². The molecule has 0 aliphatic carbocycles. The molecule has 0 spiro atoms. The SMILES string of the molecule is COc1ccc(NC(=O)CSc2ccc(=O)n(-c3ccc(C(C)C)cc3)n2)cc1OC. The van der Waals surface area contributed by atoms with Gasteiger partial charge in [0.2, 0.25) is 5.91 Å². The van der Waals surface area contributed by atoms with Crippen LogP contribution in [0.3, 0.4) is 0 Å². The monoisotopic (exact) mass is 439 g/mol. The first-order chi connectivity index (χ1) is 14.9. The highest BCUT2D eigenvalue weighted by Gasteiger charge is 2.10. The van der Waals surface area contributed by atoms with Crippen LogP contribution in [0.15, 0.2) is 64.4 Å². The predicted octanol–water partition coefficient (Wildman–Crippen LogP) is 4.10. The maximum absolute atomic E-state index is 12.4. The van der Waals surface area contributed by atoms with Gasteiger partial charge < -0.3 is 14.8 Å². The van der Waals surface area contributed by atoms with Crippen LogP contribution in [-0.4, -0.2) is 35.7 Å². The Balaban J connectivity index is 1.67. The van der Waals surface area contributed by atoms with Gasteiger partial charge in [-0.1, -0.05) is 37.7 Å². The van der Waals surface area contributed by atoms with Gasteiger partial charge in [0.25, 0.3) is 5.56 Å². The minimum Gasteiger partial charge on any atom is -0.493 e. The summed E-state index contributed by atoms with van der Waals surface area (Å²) in [5.74, 6) is 1.47. The van der Waals surface area contributed by atoms with E-state index in [1.807, 2.05) is 24.3 Å². The van der Waals surface area contributed by atoms with Crippen LogP contribution < -0.4 is 20.3 Å². The van der Waals surface area contributed by atoms with Crippen molar-refractivity contribution >= 4 is 23.4 Å². The summed E-state index contributed by atoms with van der Waals surface area (Å²) in [5.41, 5.74) is 2.25. The summed E-state index contributed by atoms with van der Waals surface area (Å²) in [6.45, 7) is 4.23. The Labute approximate surface area is 185 Å². The lowest BCUT2D eigenvalue weighted by molar-refractivity contribution is -0.113. The van der Waals surface area contributed by atoms with Gasteiger partial charge in [-0.15, -0.1) is 0 Å². The fourth-order valence-electron chi connectivity index (χ4n) is 2.91. The molecular weight excluding hydrogens is 414 g/mol. The van der Waals surface area contributed by atoms with Crippen molar-refractivity contribution in [3.05, 3.63) is 70.5 Å². The molecule has 0 unspecified atom stereocenters. The second-order valence-corrected chi connectivity index (χ2v) is 8.07. The molecule has 1 aromatic heterocycles. The number of carbonyl (C=O) groups is 1. The molecule has 3 rings (SSSR count). The maximum Gasteiger partial charge on any atom is 0.271 e. The molecule has 1 N–H and O–H groups in total. The van der Waals surface area contributed by atoms with Gasteiger partial charge in [0, 0.05) is 17.8 Å². The van der Waals surface area contributed by atoms with Crippen molar-refractivity contribution in [2.75, 3.05) is 25.3 Å². The Kier molecular flexibility index (Phi) is 7.36. The highest BCUT2D eigenvalue weighted by Crippen LogP contribution is 2.29. The fraction of sp³-hybridized carbons (Fsp3) is 0.261. The molecule has 31 heavy (non-hydrogen) atoms. The number of benzene rings is 2. The highest BCUT2D eigenvalue weighted by molar-refractivity contribution is 7.99. The van der Waals surface area contributed by atoms with Gasteiger partial charge in [-0.2, -0.15) is 9.78 Å². The maximum atomic E-state index is 12.4. The van der Waals surface area contributed by atoms with Crippen molar-refractivity contribution in [1.29, 1.82) is 0 Å². The van der Waals surface area contributed by atoms with E-state index in [-0.39, 0.29) is 17.2 Å². The van der Waals surface area contributed by atoms with Crippen molar-refractivity contribution in [1.82, 2.24) is 9.78 Å². The average Bonchev–Trinajstić information content (AvgIpc) is 2.78. The molecule has 3 aromatic rings. The molecule has 0 saturated heterocycles. The number of hydrogen-bond acceptors (Lipinski definition) is 6. The van der Waals surface area contributed by atoms with Gasteiger partial charge in [-0.05, 0) is 41.8 Å². The van der Waals surface area contributed by atoms with E-state index in [4.69, 9.17) is 9.47 Å². The van der Waals surface area contributed by atoms with Gasteiger partial charge in [0.15, 0.2) is 11.5 Å². The molecule has 0 atom stereocenters. The number of ether oxygens (including phenoxy) is 2. The molecule has 162 valence electrons. The van der Waals surface area contributed by atoms with Crippen molar-refractivity contribution < 1.29 is 14.3 Å². The summed E-state index contributed by atoms with van der Waals surface area (Å²) in [7, 11) is 3.09. The van der Waals surface area contributed by atoms with Gasteiger partial charge in [0.05, 0.1) is 25.7 Å². The lowest BCUT2D eigenvalue weighted by Crippen LogP contribution is -2.21. The van der Waals surface area contributed by atoms with Gasteiger partial charge in [-0.25, -0.2) is 0 Å². The molecule has 0 radical (unpaired) electrons. The zero-order chi connectivity index (χ0) is 22.4. The number of nitrogens with one attached hydrogen (secondary N) is 1. The highest BCUT2D eigenvalue weighted by atomic mass is 32.2. The number of thioether (sulfide) groups is 1. The van der Waals surface area contributed by atoms with E-state index in [1.54, 1.807) is 31.4 Å². The van der Waals surface area contributed by atoms with Crippen LogP contribution >= 0.6 is 11.8 Å². The second kappa shape index (κ2) is 10.2. The van der Waals surface area contributed by atoms with Gasteiger partial charge in [-0.3, -0.25) is 9.59 Å². The van der Waals surface area contributed by atoms with Crippen LogP contribution in [-0.2, 0) is 4.79 Å². The third-order valence-corrected chi connectivity index (χ3v) is 5.52. The summed E-state index contributed by atoms with van der Waals surface area (Å²) in [5, 5.41) is 7.80. The number of amides is 1. The lowest BCUT2D eigenvalue weighted by atomic mass is 10.0. The zero-order valence-corrected chi connectivity index (χ0v) is 18.7. The van der Waals surface area contributed by atoms with E-state index in [0.29, 0.717) is 33.8 Å². The molecular formula is C23H25N3O4S. The Morgan fingerprint density at radius 3 is 2.39 bits per heavy atom. The summed E-state index contributed by atoms with van der Waals surface area (Å²) in [4.78, 5) is 24.6. The summed E-state index contributed by atoms with van der Waals surface area (Å²) in [6, 6.07) is 16.0. The van der Waals surface area contributed by atoms with E-state index >= 15 is 0 Å². The first kappa shape index (κ1) is 22.4. The normalized spacial score (nSPS) is 10.7. The van der Waals surface area contributed by atoms with E-state index < -0.39 is 0 Å². The summed E-state index contributed by atoms with van der Waals surface area (Å²) >= 11 is 1.25. The second-order valence-electron chi connectivity index (χ2n) is 7.07. The molecule has 0 aliphatic heterocycles. The van der Waals surface area contributed by atoms with Gasteiger partial charge in [0.1, 0.15) is 5.03 Å². The number of methoxy groups -OCH3 is 2. The van der Waals surface area contributed by atoms with Crippen LogP contribution in [0, 0.1) is 0 Å². The average molecular weight is 440 g/mol. The van der Waals surface area contributed by atoms with E-state index in [2.05, 4.69) is 24.3 Å². The van der Waals surface area contributed by atoms with Crippen LogP contribution in [0.1, 0.15) is 25.3 Å². The molecule has 1 amide bonds. The standard InChI is InChI=1S/C23H25N3O4S/c1-15(2)16-5-8-18(9-6-16)26-23(28)12-11-22(25-26)31-14-21(27)24-17-7-10-19(29-3)20(13-17)30-4/h5-13,15H,14H2,1-4H3,(H,24,27). The van der Waals surface area contributed by atoms with Crippen LogP contribution in [0.2, 0.25) is 0 Å². The Morgan fingerprint density at radius 2 is 1.74 bits per heavy atom. The molecule has 0 saturated carbocycles. The third kappa shape index (κ3) is 5.67. The number of nitrogens with zero attached hydrogens (tertiary/aromatic N) is 2. The van der Waals surface area contributed by atoms with E-state index in [9.17, 15) is 9.59 Å². The van der Waals surface area contributed by atoms with Crippen LogP contribution in [0.25, 0.3) is 5.69 Å². The minimum atomic E-state index is -0.226. The number of aromatic nitrogens is 2. The lowest BCUT2D eigenvalue weighted by Gasteiger charge is -2.11. The number of rotatable bonds is 8. The van der Waals surface area contributed by atoms with Crippen LogP contribution in [0.4, 0.5) is 5.69 Å². The molecule has 1 heterocycles. The largest absolute Gasteiger partial charge is 0.493 e. The quantitative estimate of drug-likeness (QED) is 0.532. The van der Waals surface area contributed by atoms with E-state index in [0.717, 1.165) is 0 Å². The van der Waals surface area contributed by atoms with Crippen LogP contribution in [0.5, 0.6) is 11.5 Å². The Morgan fingerprint density at radius 1 is 1.03 bits per heavy atom. The van der Waals surface area contributed by atoms with Crippen molar-refractivity contribution in [3.63, 3.8) is 0 Å². The van der Waals surface area contributed by atoms with Crippen molar-refractivity contribution in [2.24, 2.45) is 0 Å². The van der Waals surface area contributed by atoms with E-state index in [1.165, 1.54) is 35.2 Å². The van der Waals surface area contributed by atoms with Crippen molar-refractivity contribution in [3.8, 4) is 17.2 Å². The molecule has 7 nitrogen and oxygen atoms in total. The first-order valence-corrected chi connectivity index (χ1v) is 10.7. The molecule has 0 fully saturated rings. The molecule has 8 heteroatoms. The Bertz CT molecular complexity index is 1110. The summed E-state index contributed by atoms with van der Waals surface area (Å²) < 4.78 is 11.8. The molecule has 0 bridgehead atoms. The zero-order valence-electron chi connectivity index (χ0n) is 17.9. The predicted molar refractivity (Wildman–Crippen MR) is 123 cm³/mol. The fourth-order valence-corrected chi connectivity index (χ4v) is 3.56. The molecule has 0 aliphatic rings. The summed E-state index contributed by atoms with van der Waals surface area (Å²) in [6.07, 6.45) is 0. The third-order valence-electron chi connectivity index (χ3n) is 4.60. The smallest absolute Gasteiger partial charge is 0.271 e. The topological polar surface area (TPSA) is 82.5 Å². The van der Waals surface area contributed by atoms with Crippen molar-refractivity contribution in [2.45, 2.75) is 24.8 Å².